The number of aryl methyl sites for hydroxylation is 1. The van der Waals surface area contributed by atoms with Crippen molar-refractivity contribution in [1.29, 1.82) is 0 Å². The molecule has 0 saturated carbocycles. The average molecular weight is 576 g/mol. The molecule has 0 aliphatic carbocycles. The van der Waals surface area contributed by atoms with Crippen LogP contribution >= 0.6 is 11.3 Å². The molecule has 0 bridgehead atoms. The predicted molar refractivity (Wildman–Crippen MR) is 171 cm³/mol. The SMILES string of the molecule is CC1C=CC(c2cccc3c2C(=O)C(CCc2ccccc2)C([C@H](C)Nc2nc(N)ncc2-c2cscn2)=N3)=CN1C. The Morgan fingerprint density at radius 3 is 2.69 bits per heavy atom. The lowest BCUT2D eigenvalue weighted by Crippen LogP contribution is -2.39. The van der Waals surface area contributed by atoms with Gasteiger partial charge < -0.3 is 16.0 Å². The number of allylic oxidation sites excluding steroid dienone is 2. The Morgan fingerprint density at radius 2 is 1.93 bits per heavy atom. The van der Waals surface area contributed by atoms with Gasteiger partial charge in [0.2, 0.25) is 5.95 Å². The maximum Gasteiger partial charge on any atom is 0.221 e. The van der Waals surface area contributed by atoms with Crippen LogP contribution in [-0.4, -0.2) is 50.5 Å². The number of benzene rings is 2. The van der Waals surface area contributed by atoms with Crippen LogP contribution in [0.25, 0.3) is 16.8 Å². The number of nitrogens with two attached hydrogens (primary N) is 1. The number of nitrogens with one attached hydrogen (secondary N) is 1. The van der Waals surface area contributed by atoms with Crippen molar-refractivity contribution in [2.24, 2.45) is 10.9 Å². The van der Waals surface area contributed by atoms with Gasteiger partial charge in [0.15, 0.2) is 5.78 Å². The number of thiazole rings is 1. The number of rotatable bonds is 8. The van der Waals surface area contributed by atoms with Crippen LogP contribution in [0.1, 0.15) is 41.8 Å². The van der Waals surface area contributed by atoms with Gasteiger partial charge in [-0.15, -0.1) is 11.3 Å². The van der Waals surface area contributed by atoms with E-state index in [0.29, 0.717) is 29.5 Å². The number of aliphatic imine (C=N–C) groups is 1. The number of carbonyl (C=O) groups is 1. The summed E-state index contributed by atoms with van der Waals surface area (Å²) in [4.78, 5) is 34.9. The summed E-state index contributed by atoms with van der Waals surface area (Å²) < 4.78 is 0. The Balaban J connectivity index is 1.40. The van der Waals surface area contributed by atoms with Gasteiger partial charge in [0.05, 0.1) is 45.7 Å². The molecule has 42 heavy (non-hydrogen) atoms. The monoisotopic (exact) mass is 575 g/mol. The maximum absolute atomic E-state index is 14.5. The smallest absolute Gasteiger partial charge is 0.221 e. The Bertz CT molecular complexity index is 1690. The van der Waals surface area contributed by atoms with E-state index in [2.05, 4.69) is 69.6 Å². The molecule has 2 aromatic carbocycles. The third-order valence-corrected chi connectivity index (χ3v) is 8.53. The molecule has 2 aliphatic heterocycles. The van der Waals surface area contributed by atoms with E-state index in [1.807, 2.05) is 48.7 Å². The average Bonchev–Trinajstić information content (AvgIpc) is 3.53. The maximum atomic E-state index is 14.5. The van der Waals surface area contributed by atoms with Crippen LogP contribution in [0.5, 0.6) is 0 Å². The quantitative estimate of drug-likeness (QED) is 0.249. The first kappa shape index (κ1) is 27.5. The number of fused-ring (bicyclic) bond motifs is 1. The second-order valence-corrected chi connectivity index (χ2v) is 11.5. The zero-order valence-electron chi connectivity index (χ0n) is 23.9. The Hall–Kier alpha value is -4.63. The summed E-state index contributed by atoms with van der Waals surface area (Å²) in [5.74, 6) is 0.405. The molecule has 0 amide bonds. The van der Waals surface area contributed by atoms with Crippen LogP contribution < -0.4 is 11.1 Å². The van der Waals surface area contributed by atoms with Crippen LogP contribution in [0.4, 0.5) is 17.5 Å². The Morgan fingerprint density at radius 1 is 1.10 bits per heavy atom. The second-order valence-electron chi connectivity index (χ2n) is 10.8. The molecule has 212 valence electrons. The van der Waals surface area contributed by atoms with Gasteiger partial charge in [0, 0.05) is 30.9 Å². The summed E-state index contributed by atoms with van der Waals surface area (Å²) in [7, 11) is 2.05. The topological polar surface area (TPSA) is 109 Å². The van der Waals surface area contributed by atoms with Crippen molar-refractivity contribution in [3.8, 4) is 11.3 Å². The normalized spacial score (nSPS) is 18.7. The van der Waals surface area contributed by atoms with Crippen molar-refractivity contribution < 1.29 is 4.79 Å². The molecule has 3 N–H and O–H groups in total. The van der Waals surface area contributed by atoms with Crippen LogP contribution in [0.15, 0.2) is 89.0 Å². The first-order valence-electron chi connectivity index (χ1n) is 14.1. The van der Waals surface area contributed by atoms with Gasteiger partial charge in [-0.2, -0.15) is 4.98 Å². The lowest BCUT2D eigenvalue weighted by atomic mass is 9.80. The highest BCUT2D eigenvalue weighted by Crippen LogP contribution is 2.38. The molecule has 4 heterocycles. The first-order valence-corrected chi connectivity index (χ1v) is 15.0. The number of carbonyl (C=O) groups excluding carboxylic acids is 1. The largest absolute Gasteiger partial charge is 0.374 e. The van der Waals surface area contributed by atoms with E-state index in [1.165, 1.54) is 16.9 Å². The van der Waals surface area contributed by atoms with Crippen LogP contribution in [-0.2, 0) is 6.42 Å². The van der Waals surface area contributed by atoms with Crippen LogP contribution in [0.2, 0.25) is 0 Å². The summed E-state index contributed by atoms with van der Waals surface area (Å²) in [5, 5.41) is 5.44. The van der Waals surface area contributed by atoms with Crippen molar-refractivity contribution in [3.05, 3.63) is 101 Å². The molecule has 2 aromatic heterocycles. The second kappa shape index (κ2) is 11.7. The van der Waals surface area contributed by atoms with E-state index in [9.17, 15) is 4.79 Å². The molecule has 2 unspecified atom stereocenters. The number of likely N-dealkylation sites (N-methyl/N-ethyl adjacent to an activating group) is 1. The number of anilines is 2. The molecular formula is C33H33N7OS. The van der Waals surface area contributed by atoms with Gasteiger partial charge in [0.1, 0.15) is 5.82 Å². The number of hydrogen-bond donors (Lipinski definition) is 2. The van der Waals surface area contributed by atoms with Crippen molar-refractivity contribution in [2.45, 2.75) is 38.8 Å². The molecule has 0 saturated heterocycles. The highest BCUT2D eigenvalue weighted by molar-refractivity contribution is 7.07. The molecular weight excluding hydrogens is 542 g/mol. The van der Waals surface area contributed by atoms with Crippen molar-refractivity contribution in [2.75, 3.05) is 18.1 Å². The number of ketones is 1. The van der Waals surface area contributed by atoms with E-state index in [4.69, 9.17) is 10.7 Å². The summed E-state index contributed by atoms with van der Waals surface area (Å²) in [6.07, 6.45) is 9.44. The molecule has 6 rings (SSSR count). The van der Waals surface area contributed by atoms with Crippen LogP contribution in [0, 0.1) is 5.92 Å². The minimum absolute atomic E-state index is 0.0904. The van der Waals surface area contributed by atoms with E-state index in [0.717, 1.165) is 34.5 Å². The standard InChI is InChI=1S/C33H33N7OS/c1-20-12-14-23(17-40(20)3)24-10-7-11-27-29(24)31(41)25(15-13-22-8-5-4-6-9-22)30(38-27)21(2)37-32-26(16-35-33(34)39-32)28-18-42-19-36-28/h4-12,14,16-21,25H,13,15H2,1-3H3,(H3,34,35,37,39)/t20?,21-,25?/m0/s1. The number of nitrogen functional groups attached to an aromatic ring is 1. The summed E-state index contributed by atoms with van der Waals surface area (Å²) in [5.41, 5.74) is 14.5. The van der Waals surface area contributed by atoms with Gasteiger partial charge in [-0.3, -0.25) is 9.79 Å². The van der Waals surface area contributed by atoms with Gasteiger partial charge in [-0.1, -0.05) is 54.6 Å². The van der Waals surface area contributed by atoms with E-state index in [1.54, 1.807) is 11.7 Å². The Labute approximate surface area is 249 Å². The lowest BCUT2D eigenvalue weighted by Gasteiger charge is -2.31. The van der Waals surface area contributed by atoms with Crippen molar-refractivity contribution in [3.63, 3.8) is 0 Å². The summed E-state index contributed by atoms with van der Waals surface area (Å²) >= 11 is 1.50. The highest BCUT2D eigenvalue weighted by atomic mass is 32.1. The molecule has 2 aliphatic rings. The van der Waals surface area contributed by atoms with E-state index < -0.39 is 5.92 Å². The third-order valence-electron chi connectivity index (χ3n) is 7.94. The number of nitrogens with zero attached hydrogens (tertiary/aromatic N) is 5. The zero-order valence-corrected chi connectivity index (χ0v) is 24.7. The number of aromatic nitrogens is 3. The fourth-order valence-corrected chi connectivity index (χ4v) is 6.08. The van der Waals surface area contributed by atoms with Gasteiger partial charge >= 0.3 is 0 Å². The number of Topliss-reactive ketones (excluding diaryl/α,β-unsaturated/α-hetero) is 1. The fourth-order valence-electron chi connectivity index (χ4n) is 5.53. The van der Waals surface area contributed by atoms with Crippen LogP contribution in [0.3, 0.4) is 0 Å². The predicted octanol–water partition coefficient (Wildman–Crippen LogP) is 6.43. The zero-order chi connectivity index (χ0) is 29.2. The van der Waals surface area contributed by atoms with Gasteiger partial charge in [-0.25, -0.2) is 9.97 Å². The van der Waals surface area contributed by atoms with E-state index >= 15 is 0 Å². The van der Waals surface area contributed by atoms with Crippen molar-refractivity contribution in [1.82, 2.24) is 19.9 Å². The highest BCUT2D eigenvalue weighted by Gasteiger charge is 2.36. The third kappa shape index (κ3) is 5.47. The first-order chi connectivity index (χ1) is 20.4. The van der Waals surface area contributed by atoms with Crippen molar-refractivity contribution >= 4 is 45.9 Å². The van der Waals surface area contributed by atoms with Gasteiger partial charge in [0.25, 0.3) is 0 Å². The molecule has 0 radical (unpaired) electrons. The fraction of sp³-hybridized carbons (Fsp3) is 0.242. The number of hydrogen-bond acceptors (Lipinski definition) is 9. The minimum atomic E-state index is -0.409. The molecule has 8 nitrogen and oxygen atoms in total. The summed E-state index contributed by atoms with van der Waals surface area (Å²) in [6, 6.07) is 16.2. The molecule has 9 heteroatoms. The molecule has 4 aromatic rings. The molecule has 0 spiro atoms. The minimum Gasteiger partial charge on any atom is -0.374 e. The van der Waals surface area contributed by atoms with Gasteiger partial charge in [-0.05, 0) is 49.5 Å². The molecule has 3 atom stereocenters. The van der Waals surface area contributed by atoms with E-state index in [-0.39, 0.29) is 17.8 Å². The Kier molecular flexibility index (Phi) is 7.67. The lowest BCUT2D eigenvalue weighted by molar-refractivity contribution is 0.0947. The summed E-state index contributed by atoms with van der Waals surface area (Å²) in [6.45, 7) is 4.16. The molecule has 0 fully saturated rings.